The highest BCUT2D eigenvalue weighted by Crippen LogP contribution is 2.15. The van der Waals surface area contributed by atoms with E-state index in [1.165, 1.54) is 5.56 Å². The van der Waals surface area contributed by atoms with Gasteiger partial charge in [0.2, 0.25) is 0 Å². The largest absolute Gasteiger partial charge is 0.399 e. The summed E-state index contributed by atoms with van der Waals surface area (Å²) in [5, 5.41) is 8.32. The summed E-state index contributed by atoms with van der Waals surface area (Å²) >= 11 is 3.42. The van der Waals surface area contributed by atoms with E-state index >= 15 is 0 Å². The summed E-state index contributed by atoms with van der Waals surface area (Å²) in [5.41, 5.74) is 8.39. The zero-order chi connectivity index (χ0) is 12.5. The fraction of sp³-hybridized carbons (Fsp3) is 0.0769. The van der Waals surface area contributed by atoms with Gasteiger partial charge in [-0.25, -0.2) is 0 Å². The lowest BCUT2D eigenvalue weighted by atomic mass is 10.1. The topological polar surface area (TPSA) is 56.2 Å². The smallest absolute Gasteiger partial charge is 0.162 e. The van der Waals surface area contributed by atoms with E-state index in [1.807, 2.05) is 34.9 Å². The number of aromatic nitrogens is 3. The van der Waals surface area contributed by atoms with Crippen LogP contribution in [-0.2, 0) is 6.42 Å². The number of benzene rings is 1. The molecule has 0 saturated carbocycles. The molecule has 2 heterocycles. The Morgan fingerprint density at radius 3 is 2.67 bits per heavy atom. The Kier molecular flexibility index (Phi) is 2.76. The van der Waals surface area contributed by atoms with E-state index < -0.39 is 0 Å². The molecule has 0 atom stereocenters. The standard InChI is InChI=1S/C13H11BrN4/c14-10-3-1-9(2-4-10)7-12-16-17-13-8-11(15)5-6-18(12)13/h1-6,8H,7,15H2. The maximum absolute atomic E-state index is 5.72. The second-order valence-corrected chi connectivity index (χ2v) is 5.02. The molecule has 0 saturated heterocycles. The number of rotatable bonds is 2. The van der Waals surface area contributed by atoms with Gasteiger partial charge in [-0.2, -0.15) is 0 Å². The number of nitrogens with two attached hydrogens (primary N) is 1. The minimum absolute atomic E-state index is 0.699. The lowest BCUT2D eigenvalue weighted by molar-refractivity contribution is 0.934. The Morgan fingerprint density at radius 1 is 1.11 bits per heavy atom. The number of pyridine rings is 1. The average Bonchev–Trinajstić information content (AvgIpc) is 2.74. The van der Waals surface area contributed by atoms with Gasteiger partial charge < -0.3 is 5.73 Å². The Labute approximate surface area is 113 Å². The third-order valence-corrected chi connectivity index (χ3v) is 3.31. The predicted molar refractivity (Wildman–Crippen MR) is 74.3 cm³/mol. The third-order valence-electron chi connectivity index (χ3n) is 2.78. The first-order valence-electron chi connectivity index (χ1n) is 5.56. The molecule has 0 aliphatic rings. The van der Waals surface area contributed by atoms with Crippen LogP contribution in [0.4, 0.5) is 5.69 Å². The second-order valence-electron chi connectivity index (χ2n) is 4.11. The number of hydrogen-bond acceptors (Lipinski definition) is 3. The highest BCUT2D eigenvalue weighted by molar-refractivity contribution is 9.10. The van der Waals surface area contributed by atoms with Crippen LogP contribution in [0.25, 0.3) is 5.65 Å². The quantitative estimate of drug-likeness (QED) is 0.792. The molecule has 3 aromatic rings. The van der Waals surface area contributed by atoms with Crippen LogP contribution in [-0.4, -0.2) is 14.6 Å². The van der Waals surface area contributed by atoms with Crippen molar-refractivity contribution >= 4 is 27.3 Å². The minimum atomic E-state index is 0.699. The molecule has 18 heavy (non-hydrogen) atoms. The zero-order valence-corrected chi connectivity index (χ0v) is 11.1. The number of anilines is 1. The van der Waals surface area contributed by atoms with E-state index in [0.29, 0.717) is 5.69 Å². The van der Waals surface area contributed by atoms with Gasteiger partial charge in [0, 0.05) is 28.8 Å². The van der Waals surface area contributed by atoms with Gasteiger partial charge in [0.25, 0.3) is 0 Å². The summed E-state index contributed by atoms with van der Waals surface area (Å²) in [6.07, 6.45) is 2.65. The molecule has 0 bridgehead atoms. The van der Waals surface area contributed by atoms with Crippen molar-refractivity contribution in [3.8, 4) is 0 Å². The van der Waals surface area contributed by atoms with Crippen LogP contribution in [0.3, 0.4) is 0 Å². The van der Waals surface area contributed by atoms with E-state index in [4.69, 9.17) is 5.73 Å². The van der Waals surface area contributed by atoms with E-state index in [1.54, 1.807) is 0 Å². The predicted octanol–water partition coefficient (Wildman–Crippen LogP) is 2.66. The summed E-state index contributed by atoms with van der Waals surface area (Å²) in [4.78, 5) is 0. The first-order chi connectivity index (χ1) is 8.72. The van der Waals surface area contributed by atoms with Crippen LogP contribution >= 0.6 is 15.9 Å². The summed E-state index contributed by atoms with van der Waals surface area (Å²) in [7, 11) is 0. The van der Waals surface area contributed by atoms with E-state index in [-0.39, 0.29) is 0 Å². The van der Waals surface area contributed by atoms with Crippen molar-refractivity contribution < 1.29 is 0 Å². The molecule has 2 aromatic heterocycles. The van der Waals surface area contributed by atoms with Gasteiger partial charge in [-0.05, 0) is 23.8 Å². The van der Waals surface area contributed by atoms with Crippen molar-refractivity contribution in [3.63, 3.8) is 0 Å². The van der Waals surface area contributed by atoms with Crippen molar-refractivity contribution in [1.82, 2.24) is 14.6 Å². The molecule has 4 nitrogen and oxygen atoms in total. The van der Waals surface area contributed by atoms with Gasteiger partial charge in [0.1, 0.15) is 5.82 Å². The molecular weight excluding hydrogens is 292 g/mol. The molecule has 0 aliphatic heterocycles. The fourth-order valence-corrected chi connectivity index (χ4v) is 2.13. The molecule has 90 valence electrons. The van der Waals surface area contributed by atoms with E-state index in [0.717, 1.165) is 22.4 Å². The summed E-state index contributed by atoms with van der Waals surface area (Å²) < 4.78 is 3.03. The van der Waals surface area contributed by atoms with Crippen molar-refractivity contribution in [3.05, 3.63) is 58.5 Å². The number of halogens is 1. The summed E-state index contributed by atoms with van der Waals surface area (Å²) in [5.74, 6) is 0.910. The van der Waals surface area contributed by atoms with Crippen molar-refractivity contribution in [1.29, 1.82) is 0 Å². The van der Waals surface area contributed by atoms with Gasteiger partial charge in [0.05, 0.1) is 0 Å². The molecule has 0 aliphatic carbocycles. The van der Waals surface area contributed by atoms with Gasteiger partial charge in [-0.3, -0.25) is 4.40 Å². The number of nitrogen functional groups attached to an aromatic ring is 1. The normalized spacial score (nSPS) is 10.9. The Bertz CT molecular complexity index is 688. The molecule has 1 aromatic carbocycles. The lowest BCUT2D eigenvalue weighted by Gasteiger charge is -2.01. The average molecular weight is 303 g/mol. The first-order valence-corrected chi connectivity index (χ1v) is 6.35. The maximum atomic E-state index is 5.72. The van der Waals surface area contributed by atoms with Crippen molar-refractivity contribution in [2.75, 3.05) is 5.73 Å². The van der Waals surface area contributed by atoms with Crippen molar-refractivity contribution in [2.45, 2.75) is 6.42 Å². The van der Waals surface area contributed by atoms with Crippen LogP contribution in [0, 0.1) is 0 Å². The van der Waals surface area contributed by atoms with Gasteiger partial charge in [-0.15, -0.1) is 10.2 Å². The minimum Gasteiger partial charge on any atom is -0.399 e. The zero-order valence-electron chi connectivity index (χ0n) is 9.55. The highest BCUT2D eigenvalue weighted by Gasteiger charge is 2.06. The maximum Gasteiger partial charge on any atom is 0.162 e. The van der Waals surface area contributed by atoms with Crippen LogP contribution in [0.15, 0.2) is 47.1 Å². The Balaban J connectivity index is 1.97. The second kappa shape index (κ2) is 4.42. The molecule has 0 fully saturated rings. The summed E-state index contributed by atoms with van der Waals surface area (Å²) in [6.45, 7) is 0. The van der Waals surface area contributed by atoms with Crippen molar-refractivity contribution in [2.24, 2.45) is 0 Å². The molecule has 0 unspecified atom stereocenters. The Morgan fingerprint density at radius 2 is 1.89 bits per heavy atom. The number of hydrogen-bond donors (Lipinski definition) is 1. The monoisotopic (exact) mass is 302 g/mol. The third kappa shape index (κ3) is 2.09. The van der Waals surface area contributed by atoms with Crippen LogP contribution in [0.2, 0.25) is 0 Å². The van der Waals surface area contributed by atoms with Gasteiger partial charge >= 0.3 is 0 Å². The molecule has 0 radical (unpaired) electrons. The van der Waals surface area contributed by atoms with Crippen LogP contribution in [0.1, 0.15) is 11.4 Å². The van der Waals surface area contributed by atoms with Crippen LogP contribution < -0.4 is 5.73 Å². The van der Waals surface area contributed by atoms with Crippen LogP contribution in [0.5, 0.6) is 0 Å². The SMILES string of the molecule is Nc1ccn2c(Cc3ccc(Br)cc3)nnc2c1. The molecule has 0 spiro atoms. The van der Waals surface area contributed by atoms with Gasteiger partial charge in [0.15, 0.2) is 5.65 Å². The molecule has 2 N–H and O–H groups in total. The highest BCUT2D eigenvalue weighted by atomic mass is 79.9. The molecular formula is C13H11BrN4. The molecule has 0 amide bonds. The van der Waals surface area contributed by atoms with E-state index in [9.17, 15) is 0 Å². The fourth-order valence-electron chi connectivity index (χ4n) is 1.86. The lowest BCUT2D eigenvalue weighted by Crippen LogP contribution is -1.96. The number of nitrogens with zero attached hydrogens (tertiary/aromatic N) is 3. The molecule has 3 rings (SSSR count). The first kappa shape index (κ1) is 11.2. The van der Waals surface area contributed by atoms with E-state index in [2.05, 4.69) is 38.3 Å². The Hall–Kier alpha value is -1.88. The summed E-state index contributed by atoms with van der Waals surface area (Å²) in [6, 6.07) is 11.9. The van der Waals surface area contributed by atoms with Gasteiger partial charge in [-0.1, -0.05) is 28.1 Å². The number of fused-ring (bicyclic) bond motifs is 1. The molecule has 5 heteroatoms.